The van der Waals surface area contributed by atoms with E-state index in [1.54, 1.807) is 12.1 Å². The molecule has 0 atom stereocenters. The normalized spacial score (nSPS) is 12.5. The van der Waals surface area contributed by atoms with Crippen LogP contribution in [-0.2, 0) is 13.1 Å². The lowest BCUT2D eigenvalue weighted by atomic mass is 9.90. The lowest BCUT2D eigenvalue weighted by molar-refractivity contribution is -0.704. The summed E-state index contributed by atoms with van der Waals surface area (Å²) in [6, 6.07) is 7.23. The standard InChI is InChI=1S/C23H31N2O2.BrH/c1-4-6-8-9-12-16-25-17(3)24(15-7-5-2)20-21(25)23(27)19-14-11-10-13-18(19)22(20)26;/h10-11,13-14H,4-9,12,15-16H2,1-3H3;1H/q+1;/p-1. The van der Waals surface area contributed by atoms with Crippen LogP contribution in [-0.4, -0.2) is 16.1 Å². The van der Waals surface area contributed by atoms with Crippen LogP contribution < -0.4 is 21.5 Å². The molecule has 0 aliphatic heterocycles. The van der Waals surface area contributed by atoms with Crippen LogP contribution in [0.2, 0.25) is 0 Å². The number of aromatic nitrogens is 2. The summed E-state index contributed by atoms with van der Waals surface area (Å²) < 4.78 is 4.19. The summed E-state index contributed by atoms with van der Waals surface area (Å²) in [4.78, 5) is 26.5. The number of carbonyl (C=O) groups is 2. The van der Waals surface area contributed by atoms with E-state index in [-0.39, 0.29) is 28.5 Å². The van der Waals surface area contributed by atoms with Crippen LogP contribution in [0.4, 0.5) is 0 Å². The molecule has 0 fully saturated rings. The molecular formula is C23H31BrN2O2. The number of fused-ring (bicyclic) bond motifs is 2. The Labute approximate surface area is 178 Å². The Morgan fingerprint density at radius 1 is 0.857 bits per heavy atom. The van der Waals surface area contributed by atoms with Gasteiger partial charge in [0.05, 0.1) is 13.1 Å². The first-order valence-electron chi connectivity index (χ1n) is 10.4. The number of hydrogen-bond donors (Lipinski definition) is 0. The Morgan fingerprint density at radius 3 is 2.11 bits per heavy atom. The maximum atomic E-state index is 13.3. The monoisotopic (exact) mass is 446 g/mol. The van der Waals surface area contributed by atoms with Gasteiger partial charge in [0.2, 0.25) is 23.0 Å². The Kier molecular flexibility index (Phi) is 8.17. The van der Waals surface area contributed by atoms with Crippen LogP contribution >= 0.6 is 0 Å². The first kappa shape index (κ1) is 22.5. The van der Waals surface area contributed by atoms with Crippen LogP contribution in [0.3, 0.4) is 0 Å². The number of hydrogen-bond acceptors (Lipinski definition) is 2. The number of unbranched alkanes of at least 4 members (excludes halogenated alkanes) is 5. The average molecular weight is 447 g/mol. The van der Waals surface area contributed by atoms with E-state index in [4.69, 9.17) is 0 Å². The zero-order chi connectivity index (χ0) is 19.4. The van der Waals surface area contributed by atoms with Crippen molar-refractivity contribution in [3.05, 3.63) is 52.6 Å². The van der Waals surface area contributed by atoms with Gasteiger partial charge in [-0.3, -0.25) is 9.59 Å². The molecule has 2 aromatic rings. The van der Waals surface area contributed by atoms with Gasteiger partial charge in [-0.15, -0.1) is 0 Å². The minimum absolute atomic E-state index is 0. The van der Waals surface area contributed by atoms with Crippen molar-refractivity contribution < 1.29 is 31.1 Å². The Morgan fingerprint density at radius 2 is 1.46 bits per heavy atom. The predicted molar refractivity (Wildman–Crippen MR) is 106 cm³/mol. The predicted octanol–water partition coefficient (Wildman–Crippen LogP) is 1.63. The lowest BCUT2D eigenvalue weighted by Crippen LogP contribution is -3.00. The molecule has 1 heterocycles. The van der Waals surface area contributed by atoms with Crippen molar-refractivity contribution in [1.82, 2.24) is 4.57 Å². The Balaban J connectivity index is 0.00000280. The second-order valence-electron chi connectivity index (χ2n) is 7.52. The molecule has 0 saturated carbocycles. The van der Waals surface area contributed by atoms with E-state index < -0.39 is 0 Å². The van der Waals surface area contributed by atoms with Crippen LogP contribution in [0.5, 0.6) is 0 Å². The third-order valence-corrected chi connectivity index (χ3v) is 5.61. The summed E-state index contributed by atoms with van der Waals surface area (Å²) in [7, 11) is 0. The maximum Gasteiger partial charge on any atom is 0.254 e. The molecule has 1 aliphatic rings. The van der Waals surface area contributed by atoms with Gasteiger partial charge in [-0.2, -0.15) is 0 Å². The molecule has 28 heavy (non-hydrogen) atoms. The van der Waals surface area contributed by atoms with Gasteiger partial charge in [0.15, 0.2) is 0 Å². The molecular weight excluding hydrogens is 416 g/mol. The number of rotatable bonds is 9. The Bertz CT molecular complexity index is 855. The third kappa shape index (κ3) is 4.14. The van der Waals surface area contributed by atoms with E-state index in [1.807, 2.05) is 19.1 Å². The van der Waals surface area contributed by atoms with Gasteiger partial charge in [-0.1, -0.05) is 63.8 Å². The van der Waals surface area contributed by atoms with Gasteiger partial charge < -0.3 is 17.0 Å². The first-order valence-corrected chi connectivity index (χ1v) is 10.4. The highest BCUT2D eigenvalue weighted by molar-refractivity contribution is 6.26. The minimum Gasteiger partial charge on any atom is -1.00 e. The number of ketones is 2. The van der Waals surface area contributed by atoms with Gasteiger partial charge in [-0.05, 0) is 19.3 Å². The zero-order valence-electron chi connectivity index (χ0n) is 17.3. The fraction of sp³-hybridized carbons (Fsp3) is 0.522. The van der Waals surface area contributed by atoms with Crippen molar-refractivity contribution in [3.8, 4) is 0 Å². The molecule has 1 aromatic heterocycles. The topological polar surface area (TPSA) is 43.0 Å². The van der Waals surface area contributed by atoms with Crippen LogP contribution in [0, 0.1) is 6.92 Å². The number of benzene rings is 1. The lowest BCUT2D eigenvalue weighted by Gasteiger charge is -2.13. The number of imidazole rings is 1. The second-order valence-corrected chi connectivity index (χ2v) is 7.52. The molecule has 0 amide bonds. The second kappa shape index (κ2) is 10.1. The average Bonchev–Trinajstić information content (AvgIpc) is 2.96. The summed E-state index contributed by atoms with van der Waals surface area (Å²) in [5.41, 5.74) is 2.28. The molecule has 0 N–H and O–H groups in total. The van der Waals surface area contributed by atoms with Crippen molar-refractivity contribution in [3.63, 3.8) is 0 Å². The molecule has 4 nitrogen and oxygen atoms in total. The van der Waals surface area contributed by atoms with E-state index >= 15 is 0 Å². The van der Waals surface area contributed by atoms with Crippen LogP contribution in [0.15, 0.2) is 24.3 Å². The number of halogens is 1. The highest BCUT2D eigenvalue weighted by Crippen LogP contribution is 2.27. The van der Waals surface area contributed by atoms with E-state index in [1.165, 1.54) is 19.3 Å². The minimum atomic E-state index is -0.0101. The third-order valence-electron chi connectivity index (χ3n) is 5.61. The van der Waals surface area contributed by atoms with E-state index in [9.17, 15) is 9.59 Å². The van der Waals surface area contributed by atoms with Crippen LogP contribution in [0.25, 0.3) is 0 Å². The number of nitrogens with zero attached hydrogens (tertiary/aromatic N) is 2. The van der Waals surface area contributed by atoms with Gasteiger partial charge in [0, 0.05) is 18.1 Å². The maximum absolute atomic E-state index is 13.3. The van der Waals surface area contributed by atoms with Crippen LogP contribution in [0.1, 0.15) is 96.7 Å². The van der Waals surface area contributed by atoms with E-state index in [0.29, 0.717) is 22.5 Å². The van der Waals surface area contributed by atoms with Gasteiger partial charge >= 0.3 is 0 Å². The molecule has 0 unspecified atom stereocenters. The highest BCUT2D eigenvalue weighted by Gasteiger charge is 2.42. The van der Waals surface area contributed by atoms with Crippen molar-refractivity contribution in [1.29, 1.82) is 0 Å². The quantitative estimate of drug-likeness (QED) is 0.370. The van der Waals surface area contributed by atoms with Crippen molar-refractivity contribution in [2.24, 2.45) is 0 Å². The molecule has 0 bridgehead atoms. The highest BCUT2D eigenvalue weighted by atomic mass is 79.9. The molecule has 0 saturated heterocycles. The first-order chi connectivity index (χ1) is 13.1. The van der Waals surface area contributed by atoms with E-state index in [2.05, 4.69) is 23.0 Å². The smallest absolute Gasteiger partial charge is 0.254 e. The summed E-state index contributed by atoms with van der Waals surface area (Å²) in [5, 5.41) is 0. The van der Waals surface area contributed by atoms with Crippen molar-refractivity contribution in [2.45, 2.75) is 78.8 Å². The molecule has 0 spiro atoms. The number of carbonyl (C=O) groups excluding carboxylic acids is 2. The van der Waals surface area contributed by atoms with E-state index in [0.717, 1.165) is 44.6 Å². The van der Waals surface area contributed by atoms with Gasteiger partial charge in [-0.25, -0.2) is 9.13 Å². The summed E-state index contributed by atoms with van der Waals surface area (Å²) in [6.45, 7) is 8.00. The summed E-state index contributed by atoms with van der Waals surface area (Å²) in [5.74, 6) is 1.01. The molecule has 1 aromatic carbocycles. The SMILES string of the molecule is CCCCCCC[n+]1c2c(n(CCCC)c1C)C(=O)c1ccccc1C2=O.[Br-]. The molecule has 152 valence electrons. The van der Waals surface area contributed by atoms with Gasteiger partial charge in [0.25, 0.3) is 5.82 Å². The van der Waals surface area contributed by atoms with Gasteiger partial charge in [0.1, 0.15) is 0 Å². The molecule has 3 rings (SSSR count). The Hall–Kier alpha value is -1.75. The fourth-order valence-corrected chi connectivity index (χ4v) is 4.06. The zero-order valence-corrected chi connectivity index (χ0v) is 18.8. The molecule has 0 radical (unpaired) electrons. The molecule has 5 heteroatoms. The fourth-order valence-electron chi connectivity index (χ4n) is 4.06. The summed E-state index contributed by atoms with van der Waals surface area (Å²) >= 11 is 0. The summed E-state index contributed by atoms with van der Waals surface area (Å²) in [6.07, 6.45) is 7.96. The van der Waals surface area contributed by atoms with Crippen molar-refractivity contribution in [2.75, 3.05) is 0 Å². The van der Waals surface area contributed by atoms with Crippen molar-refractivity contribution >= 4 is 11.6 Å². The largest absolute Gasteiger partial charge is 1.00 e. The molecule has 1 aliphatic carbocycles.